The molecule has 0 unspecified atom stereocenters. The zero-order chi connectivity index (χ0) is 15.2. The van der Waals surface area contributed by atoms with Crippen LogP contribution in [0.15, 0.2) is 36.7 Å². The highest BCUT2D eigenvalue weighted by Crippen LogP contribution is 2.29. The highest BCUT2D eigenvalue weighted by atomic mass is 16.5. The van der Waals surface area contributed by atoms with Crippen LogP contribution in [0.25, 0.3) is 0 Å². The van der Waals surface area contributed by atoms with Crippen LogP contribution in [0.5, 0.6) is 11.5 Å². The number of aromatic nitrogens is 1. The zero-order valence-electron chi connectivity index (χ0n) is 12.3. The first-order valence-electron chi connectivity index (χ1n) is 6.55. The van der Waals surface area contributed by atoms with Crippen molar-refractivity contribution < 1.29 is 14.3 Å². The summed E-state index contributed by atoms with van der Waals surface area (Å²) in [6.45, 7) is 2.33. The number of hydrogen-bond donors (Lipinski definition) is 1. The molecule has 0 bridgehead atoms. The number of methoxy groups -OCH3 is 2. The topological polar surface area (TPSA) is 60.5 Å². The first-order valence-corrected chi connectivity index (χ1v) is 6.55. The van der Waals surface area contributed by atoms with E-state index >= 15 is 0 Å². The Balaban J connectivity index is 2.15. The van der Waals surface area contributed by atoms with Gasteiger partial charge in [-0.3, -0.25) is 9.78 Å². The van der Waals surface area contributed by atoms with Crippen molar-refractivity contribution in [2.24, 2.45) is 0 Å². The highest BCUT2D eigenvalue weighted by molar-refractivity contribution is 5.95. The highest BCUT2D eigenvalue weighted by Gasteiger charge is 2.13. The lowest BCUT2D eigenvalue weighted by Gasteiger charge is -2.12. The molecule has 0 radical (unpaired) electrons. The minimum atomic E-state index is -0.177. The van der Waals surface area contributed by atoms with Crippen LogP contribution in [0.2, 0.25) is 0 Å². The molecule has 1 heterocycles. The van der Waals surface area contributed by atoms with Crippen molar-refractivity contribution in [1.82, 2.24) is 10.3 Å². The van der Waals surface area contributed by atoms with Gasteiger partial charge in [-0.15, -0.1) is 0 Å². The number of hydrogen-bond acceptors (Lipinski definition) is 4. The summed E-state index contributed by atoms with van der Waals surface area (Å²) in [6.07, 6.45) is 3.39. The number of nitrogens with one attached hydrogen (secondary N) is 1. The number of nitrogens with zero attached hydrogens (tertiary/aromatic N) is 1. The van der Waals surface area contributed by atoms with E-state index in [1.807, 2.05) is 19.1 Å². The lowest BCUT2D eigenvalue weighted by atomic mass is 10.1. The number of benzene rings is 1. The number of pyridine rings is 1. The maximum absolute atomic E-state index is 12.2. The quantitative estimate of drug-likeness (QED) is 0.916. The Labute approximate surface area is 123 Å². The van der Waals surface area contributed by atoms with Crippen molar-refractivity contribution in [3.05, 3.63) is 53.3 Å². The summed E-state index contributed by atoms with van der Waals surface area (Å²) in [7, 11) is 3.14. The van der Waals surface area contributed by atoms with Crippen LogP contribution in [0.3, 0.4) is 0 Å². The number of rotatable bonds is 5. The smallest absolute Gasteiger partial charge is 0.251 e. The van der Waals surface area contributed by atoms with Gasteiger partial charge in [0.1, 0.15) is 11.5 Å². The Morgan fingerprint density at radius 1 is 1.14 bits per heavy atom. The second-order valence-corrected chi connectivity index (χ2v) is 4.54. The van der Waals surface area contributed by atoms with Gasteiger partial charge in [0, 0.05) is 30.1 Å². The molecule has 1 amide bonds. The van der Waals surface area contributed by atoms with Gasteiger partial charge in [0.25, 0.3) is 5.91 Å². The molecule has 0 saturated heterocycles. The van der Waals surface area contributed by atoms with Gasteiger partial charge in [-0.1, -0.05) is 0 Å². The third kappa shape index (κ3) is 3.51. The standard InChI is InChI=1S/C16H18N2O3/c1-11-14(20-2)8-13(9-15(11)21-3)16(19)18-10-12-4-6-17-7-5-12/h4-9H,10H2,1-3H3,(H,18,19). The van der Waals surface area contributed by atoms with E-state index in [2.05, 4.69) is 10.3 Å². The molecule has 2 rings (SSSR count). The minimum absolute atomic E-state index is 0.177. The van der Waals surface area contributed by atoms with E-state index in [0.29, 0.717) is 23.6 Å². The first-order chi connectivity index (χ1) is 10.2. The van der Waals surface area contributed by atoms with Gasteiger partial charge >= 0.3 is 0 Å². The summed E-state index contributed by atoms with van der Waals surface area (Å²) in [5.41, 5.74) is 2.36. The van der Waals surface area contributed by atoms with Crippen LogP contribution in [0, 0.1) is 6.92 Å². The molecule has 21 heavy (non-hydrogen) atoms. The Hall–Kier alpha value is -2.56. The molecule has 0 aliphatic carbocycles. The van der Waals surface area contributed by atoms with E-state index in [0.717, 1.165) is 11.1 Å². The Morgan fingerprint density at radius 2 is 1.71 bits per heavy atom. The molecule has 0 saturated carbocycles. The molecule has 1 aromatic carbocycles. The van der Waals surface area contributed by atoms with Crippen molar-refractivity contribution in [3.63, 3.8) is 0 Å². The lowest BCUT2D eigenvalue weighted by Crippen LogP contribution is -2.23. The number of carbonyl (C=O) groups excluding carboxylic acids is 1. The summed E-state index contributed by atoms with van der Waals surface area (Å²) in [4.78, 5) is 16.2. The van der Waals surface area contributed by atoms with E-state index in [9.17, 15) is 4.79 Å². The fourth-order valence-electron chi connectivity index (χ4n) is 2.00. The molecule has 0 fully saturated rings. The van der Waals surface area contributed by atoms with Crippen molar-refractivity contribution in [1.29, 1.82) is 0 Å². The van der Waals surface area contributed by atoms with Crippen LogP contribution in [-0.4, -0.2) is 25.1 Å². The molecule has 110 valence electrons. The number of ether oxygens (including phenoxy) is 2. The SMILES string of the molecule is COc1cc(C(=O)NCc2ccncc2)cc(OC)c1C. The van der Waals surface area contributed by atoms with Gasteiger partial charge in [-0.25, -0.2) is 0 Å². The summed E-state index contributed by atoms with van der Waals surface area (Å²) in [5, 5.41) is 2.86. The van der Waals surface area contributed by atoms with Crippen LogP contribution in [-0.2, 0) is 6.54 Å². The van der Waals surface area contributed by atoms with Crippen LogP contribution in [0.1, 0.15) is 21.5 Å². The second-order valence-electron chi connectivity index (χ2n) is 4.54. The fraction of sp³-hybridized carbons (Fsp3) is 0.250. The molecule has 0 spiro atoms. The zero-order valence-corrected chi connectivity index (χ0v) is 12.3. The maximum Gasteiger partial charge on any atom is 0.251 e. The van der Waals surface area contributed by atoms with E-state index in [-0.39, 0.29) is 5.91 Å². The van der Waals surface area contributed by atoms with E-state index in [4.69, 9.17) is 9.47 Å². The summed E-state index contributed by atoms with van der Waals surface area (Å²) in [6, 6.07) is 7.13. The largest absolute Gasteiger partial charge is 0.496 e. The molecule has 0 aliphatic rings. The molecular weight excluding hydrogens is 268 g/mol. The molecule has 2 aromatic rings. The predicted octanol–water partition coefficient (Wildman–Crippen LogP) is 2.34. The van der Waals surface area contributed by atoms with Crippen molar-refractivity contribution in [2.45, 2.75) is 13.5 Å². The first kappa shape index (κ1) is 14.8. The maximum atomic E-state index is 12.2. The average Bonchev–Trinajstić information content (AvgIpc) is 2.53. The van der Waals surface area contributed by atoms with E-state index < -0.39 is 0 Å². The van der Waals surface area contributed by atoms with E-state index in [1.54, 1.807) is 38.7 Å². The average molecular weight is 286 g/mol. The Morgan fingerprint density at radius 3 is 2.24 bits per heavy atom. The lowest BCUT2D eigenvalue weighted by molar-refractivity contribution is 0.0950. The normalized spacial score (nSPS) is 10.0. The molecule has 1 aromatic heterocycles. The molecule has 5 nitrogen and oxygen atoms in total. The van der Waals surface area contributed by atoms with Gasteiger partial charge in [0.05, 0.1) is 14.2 Å². The number of amides is 1. The third-order valence-corrected chi connectivity index (χ3v) is 3.22. The number of carbonyl (C=O) groups is 1. The van der Waals surface area contributed by atoms with Crippen LogP contribution < -0.4 is 14.8 Å². The molecule has 0 aliphatic heterocycles. The van der Waals surface area contributed by atoms with Gasteiger partial charge in [-0.2, -0.15) is 0 Å². The summed E-state index contributed by atoms with van der Waals surface area (Å²) in [5.74, 6) is 1.08. The van der Waals surface area contributed by atoms with Crippen molar-refractivity contribution in [3.8, 4) is 11.5 Å². The Kier molecular flexibility index (Phi) is 4.77. The third-order valence-electron chi connectivity index (χ3n) is 3.22. The summed E-state index contributed by atoms with van der Waals surface area (Å²) >= 11 is 0. The second kappa shape index (κ2) is 6.74. The van der Waals surface area contributed by atoms with Gasteiger partial charge in [0.2, 0.25) is 0 Å². The molecular formula is C16H18N2O3. The fourth-order valence-corrected chi connectivity index (χ4v) is 2.00. The molecule has 0 atom stereocenters. The molecule has 5 heteroatoms. The Bertz CT molecular complexity index is 602. The van der Waals surface area contributed by atoms with Gasteiger partial charge in [-0.05, 0) is 36.8 Å². The van der Waals surface area contributed by atoms with Gasteiger partial charge < -0.3 is 14.8 Å². The predicted molar refractivity (Wildman–Crippen MR) is 79.7 cm³/mol. The van der Waals surface area contributed by atoms with Crippen molar-refractivity contribution >= 4 is 5.91 Å². The molecule has 1 N–H and O–H groups in total. The van der Waals surface area contributed by atoms with Crippen LogP contribution in [0.4, 0.5) is 0 Å². The van der Waals surface area contributed by atoms with E-state index in [1.165, 1.54) is 0 Å². The van der Waals surface area contributed by atoms with Crippen molar-refractivity contribution in [2.75, 3.05) is 14.2 Å². The van der Waals surface area contributed by atoms with Gasteiger partial charge in [0.15, 0.2) is 0 Å². The summed E-state index contributed by atoms with van der Waals surface area (Å²) < 4.78 is 10.5. The van der Waals surface area contributed by atoms with Crippen LogP contribution >= 0.6 is 0 Å². The monoisotopic (exact) mass is 286 g/mol. The minimum Gasteiger partial charge on any atom is -0.496 e.